The fourth-order valence-corrected chi connectivity index (χ4v) is 5.28. The van der Waals surface area contributed by atoms with Crippen LogP contribution in [0.25, 0.3) is 11.0 Å². The Morgan fingerprint density at radius 1 is 1.00 bits per heavy atom. The van der Waals surface area contributed by atoms with Crippen molar-refractivity contribution in [2.45, 2.75) is 44.8 Å². The Bertz CT molecular complexity index is 1360. The van der Waals surface area contributed by atoms with Crippen LogP contribution in [-0.2, 0) is 9.59 Å². The van der Waals surface area contributed by atoms with Crippen LogP contribution in [0.4, 0.5) is 0 Å². The van der Waals surface area contributed by atoms with Gasteiger partial charge in [-0.25, -0.2) is 4.98 Å². The van der Waals surface area contributed by atoms with Crippen molar-refractivity contribution in [3.05, 3.63) is 72.1 Å². The zero-order valence-electron chi connectivity index (χ0n) is 20.8. The molecule has 9 nitrogen and oxygen atoms in total. The van der Waals surface area contributed by atoms with Crippen LogP contribution >= 0.6 is 0 Å². The number of likely N-dealkylation sites (tertiary alicyclic amines) is 2. The molecule has 0 bridgehead atoms. The van der Waals surface area contributed by atoms with E-state index < -0.39 is 18.0 Å². The fourth-order valence-electron chi connectivity index (χ4n) is 5.28. The second-order valence-electron chi connectivity index (χ2n) is 10.00. The van der Waals surface area contributed by atoms with E-state index in [1.807, 2.05) is 38.1 Å². The van der Waals surface area contributed by atoms with Crippen LogP contribution in [0.5, 0.6) is 0 Å². The number of carbonyl (C=O) groups excluding carboxylic acids is 4. The molecule has 1 aromatic heterocycles. The largest absolute Gasteiger partial charge is 0.339 e. The first-order chi connectivity index (χ1) is 17.8. The Hall–Kier alpha value is -4.14. The lowest BCUT2D eigenvalue weighted by Crippen LogP contribution is -2.53. The number of ketones is 1. The third-order valence-electron chi connectivity index (χ3n) is 6.98. The van der Waals surface area contributed by atoms with E-state index in [4.69, 9.17) is 0 Å². The minimum absolute atomic E-state index is 0.0271. The van der Waals surface area contributed by atoms with E-state index in [-0.39, 0.29) is 41.8 Å². The maximum atomic E-state index is 13.7. The molecule has 9 heteroatoms. The van der Waals surface area contributed by atoms with E-state index in [9.17, 15) is 19.2 Å². The van der Waals surface area contributed by atoms with Gasteiger partial charge in [-0.1, -0.05) is 44.2 Å². The number of nitrogens with zero attached hydrogens (tertiary/aromatic N) is 4. The standard InChI is InChI=1S/C28H29N5O4/c1-17(2)14-21(31-26(35)22-15-29-19-10-6-7-11-20(19)30-22)28(37)32-13-12-23-25(32)24(34)16-33(23)27(36)18-8-4-3-5-9-18/h3-11,15,17,21,23,25H,12-14,16H2,1-2H3,(H,31,35)/t21-,23+,25-/m0/s1. The van der Waals surface area contributed by atoms with Gasteiger partial charge >= 0.3 is 0 Å². The minimum Gasteiger partial charge on any atom is -0.339 e. The Labute approximate surface area is 214 Å². The molecule has 0 saturated carbocycles. The third-order valence-corrected chi connectivity index (χ3v) is 6.98. The first-order valence-electron chi connectivity index (χ1n) is 12.6. The molecule has 2 aliphatic heterocycles. The number of fused-ring (bicyclic) bond motifs is 2. The monoisotopic (exact) mass is 499 g/mol. The number of amides is 3. The average Bonchev–Trinajstić information content (AvgIpc) is 3.48. The Balaban J connectivity index is 1.34. The second kappa shape index (κ2) is 10.1. The van der Waals surface area contributed by atoms with Gasteiger partial charge in [0, 0.05) is 12.1 Å². The maximum absolute atomic E-state index is 13.7. The van der Waals surface area contributed by atoms with Gasteiger partial charge in [0.2, 0.25) is 5.91 Å². The highest BCUT2D eigenvalue weighted by Gasteiger charge is 2.52. The van der Waals surface area contributed by atoms with Gasteiger partial charge in [0.15, 0.2) is 5.78 Å². The van der Waals surface area contributed by atoms with E-state index in [2.05, 4.69) is 15.3 Å². The first-order valence-corrected chi connectivity index (χ1v) is 12.6. The SMILES string of the molecule is CC(C)C[C@H](NC(=O)c1cnc2ccccc2n1)C(=O)N1CC[C@@H]2[C@H]1C(=O)CN2C(=O)c1ccccc1. The lowest BCUT2D eigenvalue weighted by Gasteiger charge is -2.29. The van der Waals surface area contributed by atoms with Crippen LogP contribution in [0.1, 0.15) is 47.5 Å². The van der Waals surface area contributed by atoms with Crippen LogP contribution in [0, 0.1) is 5.92 Å². The average molecular weight is 500 g/mol. The number of Topliss-reactive ketones (excluding diaryl/α,β-unsaturated/α-hetero) is 1. The van der Waals surface area contributed by atoms with E-state index >= 15 is 0 Å². The van der Waals surface area contributed by atoms with Gasteiger partial charge in [-0.15, -0.1) is 0 Å². The number of carbonyl (C=O) groups is 4. The topological polar surface area (TPSA) is 113 Å². The Morgan fingerprint density at radius 3 is 2.43 bits per heavy atom. The molecule has 3 aromatic rings. The van der Waals surface area contributed by atoms with Crippen LogP contribution in [-0.4, -0.2) is 74.5 Å². The molecule has 0 unspecified atom stereocenters. The van der Waals surface area contributed by atoms with Gasteiger partial charge in [0.05, 0.1) is 29.8 Å². The number of aromatic nitrogens is 2. The predicted octanol–water partition coefficient (Wildman–Crippen LogP) is 2.47. The van der Waals surface area contributed by atoms with Crippen molar-refractivity contribution in [1.29, 1.82) is 0 Å². The summed E-state index contributed by atoms with van der Waals surface area (Å²) in [6.07, 6.45) is 2.31. The van der Waals surface area contributed by atoms with Gasteiger partial charge < -0.3 is 15.1 Å². The zero-order valence-corrected chi connectivity index (χ0v) is 20.8. The van der Waals surface area contributed by atoms with Gasteiger partial charge in [0.1, 0.15) is 17.8 Å². The van der Waals surface area contributed by atoms with Crippen LogP contribution in [0.15, 0.2) is 60.8 Å². The van der Waals surface area contributed by atoms with Crippen LogP contribution in [0.3, 0.4) is 0 Å². The summed E-state index contributed by atoms with van der Waals surface area (Å²) in [5.74, 6) is -1.06. The lowest BCUT2D eigenvalue weighted by molar-refractivity contribution is -0.138. The maximum Gasteiger partial charge on any atom is 0.272 e. The molecule has 3 amide bonds. The van der Waals surface area contributed by atoms with Gasteiger partial charge in [-0.3, -0.25) is 24.2 Å². The zero-order chi connectivity index (χ0) is 26.1. The van der Waals surface area contributed by atoms with Gasteiger partial charge in [-0.05, 0) is 43.0 Å². The van der Waals surface area contributed by atoms with Gasteiger partial charge in [0.25, 0.3) is 11.8 Å². The van der Waals surface area contributed by atoms with Crippen molar-refractivity contribution >= 4 is 34.5 Å². The molecule has 190 valence electrons. The number of rotatable bonds is 6. The van der Waals surface area contributed by atoms with E-state index in [0.717, 1.165) is 0 Å². The smallest absolute Gasteiger partial charge is 0.272 e. The molecule has 0 radical (unpaired) electrons. The molecule has 2 fully saturated rings. The van der Waals surface area contributed by atoms with E-state index in [1.165, 1.54) is 6.20 Å². The highest BCUT2D eigenvalue weighted by atomic mass is 16.2. The molecule has 2 aliphatic rings. The predicted molar refractivity (Wildman–Crippen MR) is 137 cm³/mol. The van der Waals surface area contributed by atoms with E-state index in [0.29, 0.717) is 36.0 Å². The van der Waals surface area contributed by atoms with Crippen molar-refractivity contribution in [2.75, 3.05) is 13.1 Å². The molecule has 37 heavy (non-hydrogen) atoms. The summed E-state index contributed by atoms with van der Waals surface area (Å²) < 4.78 is 0. The molecule has 0 aliphatic carbocycles. The molecule has 2 saturated heterocycles. The lowest BCUT2D eigenvalue weighted by atomic mass is 10.0. The minimum atomic E-state index is -0.828. The summed E-state index contributed by atoms with van der Waals surface area (Å²) in [5.41, 5.74) is 1.90. The van der Waals surface area contributed by atoms with Crippen molar-refractivity contribution in [3.8, 4) is 0 Å². The summed E-state index contributed by atoms with van der Waals surface area (Å²) >= 11 is 0. The highest BCUT2D eigenvalue weighted by molar-refractivity contribution is 6.03. The highest BCUT2D eigenvalue weighted by Crippen LogP contribution is 2.31. The first kappa shape index (κ1) is 24.5. The molecule has 1 N–H and O–H groups in total. The fraction of sp³-hybridized carbons (Fsp3) is 0.357. The molecule has 0 spiro atoms. The number of benzene rings is 2. The van der Waals surface area contributed by atoms with Crippen molar-refractivity contribution in [1.82, 2.24) is 25.1 Å². The Kier molecular flexibility index (Phi) is 6.69. The summed E-state index contributed by atoms with van der Waals surface area (Å²) in [4.78, 5) is 64.7. The molecular formula is C28H29N5O4. The molecule has 2 aromatic carbocycles. The van der Waals surface area contributed by atoms with Crippen LogP contribution in [0.2, 0.25) is 0 Å². The van der Waals surface area contributed by atoms with Crippen LogP contribution < -0.4 is 5.32 Å². The third kappa shape index (κ3) is 4.81. The number of hydrogen-bond donors (Lipinski definition) is 1. The summed E-state index contributed by atoms with van der Waals surface area (Å²) in [6.45, 7) is 4.26. The van der Waals surface area contributed by atoms with Crippen molar-refractivity contribution in [2.24, 2.45) is 5.92 Å². The molecular weight excluding hydrogens is 470 g/mol. The number of hydrogen-bond acceptors (Lipinski definition) is 6. The summed E-state index contributed by atoms with van der Waals surface area (Å²) in [7, 11) is 0. The van der Waals surface area contributed by atoms with E-state index in [1.54, 1.807) is 40.1 Å². The van der Waals surface area contributed by atoms with Gasteiger partial charge in [-0.2, -0.15) is 0 Å². The normalized spacial score (nSPS) is 19.8. The molecule has 3 atom stereocenters. The number of para-hydroxylation sites is 2. The quantitative estimate of drug-likeness (QED) is 0.558. The van der Waals surface area contributed by atoms with Crippen molar-refractivity contribution in [3.63, 3.8) is 0 Å². The summed E-state index contributed by atoms with van der Waals surface area (Å²) in [5, 5.41) is 2.84. The Morgan fingerprint density at radius 2 is 1.70 bits per heavy atom. The second-order valence-corrected chi connectivity index (χ2v) is 10.00. The summed E-state index contributed by atoms with van der Waals surface area (Å²) in [6, 6.07) is 14.2. The molecule has 3 heterocycles. The molecule has 5 rings (SSSR count). The van der Waals surface area contributed by atoms with Crippen molar-refractivity contribution < 1.29 is 19.2 Å². The number of nitrogens with one attached hydrogen (secondary N) is 1.